The number of carbonyl (C=O) groups excluding carboxylic acids is 1. The maximum atomic E-state index is 13.0. The van der Waals surface area contributed by atoms with Crippen LogP contribution in [0.3, 0.4) is 0 Å². The summed E-state index contributed by atoms with van der Waals surface area (Å²) in [6.07, 6.45) is 13.5. The molecule has 2 aromatic carbocycles. The molecule has 0 saturated heterocycles. The highest BCUT2D eigenvalue weighted by atomic mass is 16.1. The van der Waals surface area contributed by atoms with Gasteiger partial charge in [0.05, 0.1) is 0 Å². The number of ketones is 1. The summed E-state index contributed by atoms with van der Waals surface area (Å²) in [4.78, 5) is 13.0. The number of nitrogens with two attached hydrogens (primary N) is 1. The minimum absolute atomic E-state index is 0.254. The summed E-state index contributed by atoms with van der Waals surface area (Å²) in [5.41, 5.74) is 13.4. The van der Waals surface area contributed by atoms with E-state index in [1.54, 1.807) is 0 Å². The Balaban J connectivity index is 1.69. The molecule has 3 aliphatic carbocycles. The third-order valence-electron chi connectivity index (χ3n) is 6.54. The Morgan fingerprint density at radius 3 is 2.62 bits per heavy atom. The standard InChI is InChI=1S/C24H25NO/c25-24-18(15-6-2-1-3-7-15)10-11-20-21(24)13-12-19-17-9-5-4-8-16(17)14-22(26)23(19)20/h5,9-13,15H,1-4,6-8,14,25H2. The highest BCUT2D eigenvalue weighted by molar-refractivity contribution is 6.17. The van der Waals surface area contributed by atoms with Crippen molar-refractivity contribution in [1.29, 1.82) is 0 Å². The maximum Gasteiger partial charge on any atom is 0.168 e. The number of carbonyl (C=O) groups is 1. The van der Waals surface area contributed by atoms with Gasteiger partial charge in [0.15, 0.2) is 5.78 Å². The van der Waals surface area contributed by atoms with Crippen molar-refractivity contribution in [2.24, 2.45) is 0 Å². The van der Waals surface area contributed by atoms with Gasteiger partial charge in [0.1, 0.15) is 0 Å². The lowest BCUT2D eigenvalue weighted by atomic mass is 9.77. The maximum absolute atomic E-state index is 13.0. The van der Waals surface area contributed by atoms with E-state index in [4.69, 9.17) is 5.73 Å². The number of fused-ring (bicyclic) bond motifs is 4. The number of hydrogen-bond donors (Lipinski definition) is 1. The fourth-order valence-electron chi connectivity index (χ4n) is 5.20. The number of anilines is 1. The van der Waals surface area contributed by atoms with Crippen LogP contribution < -0.4 is 5.73 Å². The predicted octanol–water partition coefficient (Wildman–Crippen LogP) is 6.16. The van der Waals surface area contributed by atoms with Crippen molar-refractivity contribution in [2.75, 3.05) is 5.73 Å². The third kappa shape index (κ3) is 2.35. The van der Waals surface area contributed by atoms with Crippen LogP contribution in [0.4, 0.5) is 5.69 Å². The lowest BCUT2D eigenvalue weighted by Gasteiger charge is -2.27. The van der Waals surface area contributed by atoms with Crippen molar-refractivity contribution in [2.45, 2.75) is 57.3 Å². The Labute approximate surface area is 154 Å². The summed E-state index contributed by atoms with van der Waals surface area (Å²) in [7, 11) is 0. The molecule has 1 saturated carbocycles. The molecule has 0 aliphatic heterocycles. The smallest absolute Gasteiger partial charge is 0.168 e. The van der Waals surface area contributed by atoms with E-state index >= 15 is 0 Å². The van der Waals surface area contributed by atoms with Gasteiger partial charge in [0, 0.05) is 23.1 Å². The molecule has 0 aromatic heterocycles. The Kier molecular flexibility index (Phi) is 3.74. The first-order valence-corrected chi connectivity index (χ1v) is 10.0. The molecule has 26 heavy (non-hydrogen) atoms. The first-order chi connectivity index (χ1) is 12.7. The van der Waals surface area contributed by atoms with Gasteiger partial charge in [-0.1, -0.05) is 61.3 Å². The van der Waals surface area contributed by atoms with Crippen LogP contribution in [0, 0.1) is 0 Å². The van der Waals surface area contributed by atoms with Crippen LogP contribution in [0.5, 0.6) is 0 Å². The number of allylic oxidation sites excluding steroid dienone is 4. The lowest BCUT2D eigenvalue weighted by molar-refractivity contribution is 0.0992. The molecule has 0 radical (unpaired) electrons. The number of benzene rings is 2. The van der Waals surface area contributed by atoms with Crippen LogP contribution in [0.2, 0.25) is 0 Å². The molecule has 0 spiro atoms. The molecular weight excluding hydrogens is 318 g/mol. The van der Waals surface area contributed by atoms with Crippen LogP contribution in [0.1, 0.15) is 78.8 Å². The zero-order chi connectivity index (χ0) is 17.7. The van der Waals surface area contributed by atoms with Gasteiger partial charge in [-0.3, -0.25) is 4.79 Å². The summed E-state index contributed by atoms with van der Waals surface area (Å²) in [6.45, 7) is 0. The van der Waals surface area contributed by atoms with Crippen molar-refractivity contribution in [3.63, 3.8) is 0 Å². The van der Waals surface area contributed by atoms with E-state index < -0.39 is 0 Å². The van der Waals surface area contributed by atoms with Crippen LogP contribution in [-0.4, -0.2) is 5.78 Å². The molecule has 0 atom stereocenters. The highest BCUT2D eigenvalue weighted by Gasteiger charge is 2.27. The second-order valence-corrected chi connectivity index (χ2v) is 8.04. The predicted molar refractivity (Wildman–Crippen MR) is 108 cm³/mol. The molecular formula is C24H25NO. The summed E-state index contributed by atoms with van der Waals surface area (Å²) in [5, 5.41) is 2.10. The minimum atomic E-state index is 0.254. The molecule has 0 unspecified atom stereocenters. The number of rotatable bonds is 1. The van der Waals surface area contributed by atoms with Gasteiger partial charge in [-0.25, -0.2) is 0 Å². The topological polar surface area (TPSA) is 43.1 Å². The van der Waals surface area contributed by atoms with Gasteiger partial charge in [-0.2, -0.15) is 0 Å². The summed E-state index contributed by atoms with van der Waals surface area (Å²) in [5.74, 6) is 0.833. The molecule has 0 bridgehead atoms. The first-order valence-electron chi connectivity index (χ1n) is 10.0. The van der Waals surface area contributed by atoms with Gasteiger partial charge in [-0.15, -0.1) is 0 Å². The molecule has 5 rings (SSSR count). The second kappa shape index (κ2) is 6.12. The average Bonchev–Trinajstić information content (AvgIpc) is 2.68. The van der Waals surface area contributed by atoms with E-state index in [0.717, 1.165) is 40.4 Å². The molecule has 2 heteroatoms. The van der Waals surface area contributed by atoms with Crippen LogP contribution >= 0.6 is 0 Å². The third-order valence-corrected chi connectivity index (χ3v) is 6.54. The van der Waals surface area contributed by atoms with Crippen LogP contribution in [0.25, 0.3) is 16.3 Å². The highest BCUT2D eigenvalue weighted by Crippen LogP contribution is 2.43. The monoisotopic (exact) mass is 343 g/mol. The van der Waals surface area contributed by atoms with Gasteiger partial charge >= 0.3 is 0 Å². The number of Topliss-reactive ketones (excluding diaryl/α,β-unsaturated/α-hetero) is 1. The summed E-state index contributed by atoms with van der Waals surface area (Å²) in [6, 6.07) is 8.62. The number of hydrogen-bond acceptors (Lipinski definition) is 2. The average molecular weight is 343 g/mol. The second-order valence-electron chi connectivity index (χ2n) is 8.04. The van der Waals surface area contributed by atoms with Crippen LogP contribution in [-0.2, 0) is 0 Å². The summed E-state index contributed by atoms with van der Waals surface area (Å²) < 4.78 is 0. The Morgan fingerprint density at radius 2 is 1.77 bits per heavy atom. The molecule has 1 fully saturated rings. The van der Waals surface area contributed by atoms with Gasteiger partial charge in [0.2, 0.25) is 0 Å². The van der Waals surface area contributed by atoms with E-state index in [2.05, 4.69) is 36.4 Å². The fraction of sp³-hybridized carbons (Fsp3) is 0.375. The van der Waals surface area contributed by atoms with E-state index in [1.165, 1.54) is 48.8 Å². The molecule has 0 amide bonds. The lowest BCUT2D eigenvalue weighted by Crippen LogP contribution is -2.14. The van der Waals surface area contributed by atoms with E-state index in [-0.39, 0.29) is 5.78 Å². The van der Waals surface area contributed by atoms with Crippen molar-refractivity contribution in [3.8, 4) is 0 Å². The molecule has 2 nitrogen and oxygen atoms in total. The van der Waals surface area contributed by atoms with Gasteiger partial charge in [-0.05, 0) is 53.7 Å². The SMILES string of the molecule is Nc1c(C2CCCCC2)ccc2c3c(ccc12)C1=C(CCC=C1)CC3=O. The zero-order valence-electron chi connectivity index (χ0n) is 15.2. The minimum Gasteiger partial charge on any atom is -0.398 e. The summed E-state index contributed by atoms with van der Waals surface area (Å²) >= 11 is 0. The van der Waals surface area contributed by atoms with Gasteiger partial charge in [0.25, 0.3) is 0 Å². The van der Waals surface area contributed by atoms with E-state index in [9.17, 15) is 4.79 Å². The largest absolute Gasteiger partial charge is 0.398 e. The Morgan fingerprint density at radius 1 is 0.962 bits per heavy atom. The van der Waals surface area contributed by atoms with Crippen molar-refractivity contribution in [1.82, 2.24) is 0 Å². The Hall–Kier alpha value is -2.35. The van der Waals surface area contributed by atoms with E-state index in [0.29, 0.717) is 12.3 Å². The molecule has 0 heterocycles. The number of nitrogen functional groups attached to an aromatic ring is 1. The zero-order valence-corrected chi connectivity index (χ0v) is 15.2. The van der Waals surface area contributed by atoms with Crippen molar-refractivity contribution >= 4 is 27.8 Å². The molecule has 3 aliphatic rings. The van der Waals surface area contributed by atoms with Crippen molar-refractivity contribution < 1.29 is 4.79 Å². The Bertz CT molecular complexity index is 973. The molecule has 132 valence electrons. The first kappa shape index (κ1) is 15.9. The normalized spacial score (nSPS) is 20.4. The van der Waals surface area contributed by atoms with Gasteiger partial charge < -0.3 is 5.73 Å². The molecule has 2 aromatic rings. The van der Waals surface area contributed by atoms with Crippen LogP contribution in [0.15, 0.2) is 42.0 Å². The molecule has 2 N–H and O–H groups in total. The van der Waals surface area contributed by atoms with E-state index in [1.807, 2.05) is 0 Å². The fourth-order valence-corrected chi connectivity index (χ4v) is 5.20. The van der Waals surface area contributed by atoms with Crippen molar-refractivity contribution in [3.05, 3.63) is 58.7 Å². The quantitative estimate of drug-likeness (QED) is 0.630.